The summed E-state index contributed by atoms with van der Waals surface area (Å²) in [4.78, 5) is 0. The molecule has 60 valence electrons. The first kappa shape index (κ1) is 8.28. The van der Waals surface area contributed by atoms with Crippen LogP contribution in [-0.2, 0) is 4.74 Å². The fraction of sp³-hybridized carbons (Fsp3) is 0.875. The normalized spacial score (nSPS) is 33.5. The Balaban J connectivity index is 2.24. The summed E-state index contributed by atoms with van der Waals surface area (Å²) < 4.78 is 5.65. The third-order valence-electron chi connectivity index (χ3n) is 1.61. The molecule has 0 N–H and O–H groups in total. The van der Waals surface area contributed by atoms with Crippen molar-refractivity contribution in [2.75, 3.05) is 11.5 Å². The Labute approximate surface area is 65.7 Å². The molecular weight excluding hydrogens is 144 g/mol. The largest absolute Gasteiger partial charge is 0.375 e. The van der Waals surface area contributed by atoms with Crippen LogP contribution in [-0.4, -0.2) is 29.6 Å². The maximum Gasteiger partial charge on any atom is 0.0671 e. The van der Waals surface area contributed by atoms with E-state index < -0.39 is 0 Å². The van der Waals surface area contributed by atoms with Gasteiger partial charge in [-0.3, -0.25) is 0 Å². The van der Waals surface area contributed by atoms with Crippen molar-refractivity contribution in [1.82, 2.24) is 0 Å². The maximum absolute atomic E-state index is 5.65. The molecule has 1 rings (SSSR count). The van der Waals surface area contributed by atoms with Crippen molar-refractivity contribution in [1.29, 1.82) is 0 Å². The van der Waals surface area contributed by atoms with E-state index in [1.165, 1.54) is 17.9 Å². The van der Waals surface area contributed by atoms with Crippen LogP contribution in [0.5, 0.6) is 0 Å². The topological polar surface area (TPSA) is 9.23 Å². The molecular formula is C8H16OS. The number of rotatable bonds is 2. The quantitative estimate of drug-likeness (QED) is 0.560. The van der Waals surface area contributed by atoms with Crippen LogP contribution < -0.4 is 0 Å². The highest BCUT2D eigenvalue weighted by Gasteiger charge is 2.18. The van der Waals surface area contributed by atoms with Gasteiger partial charge in [0, 0.05) is 5.75 Å². The molecule has 0 aromatic rings. The molecule has 0 aromatic heterocycles. The number of ether oxygens (including phenoxy) is 1. The van der Waals surface area contributed by atoms with Gasteiger partial charge < -0.3 is 4.74 Å². The van der Waals surface area contributed by atoms with E-state index in [0.29, 0.717) is 22.7 Å². The minimum atomic E-state index is 0.389. The van der Waals surface area contributed by atoms with Crippen molar-refractivity contribution in [3.63, 3.8) is 0 Å². The van der Waals surface area contributed by atoms with E-state index in [1.807, 2.05) is 0 Å². The highest BCUT2D eigenvalue weighted by molar-refractivity contribution is 8.14. The Morgan fingerprint density at radius 3 is 2.70 bits per heavy atom. The summed E-state index contributed by atoms with van der Waals surface area (Å²) in [6, 6.07) is 0. The Kier molecular flexibility index (Phi) is 2.93. The second-order valence-electron chi connectivity index (χ2n) is 3.08. The van der Waals surface area contributed by atoms with E-state index >= 15 is 0 Å². The van der Waals surface area contributed by atoms with Crippen molar-refractivity contribution in [2.45, 2.75) is 32.5 Å². The van der Waals surface area contributed by atoms with E-state index in [-0.39, 0.29) is 0 Å². The van der Waals surface area contributed by atoms with E-state index in [1.54, 1.807) is 0 Å². The van der Waals surface area contributed by atoms with Gasteiger partial charge in [-0.05, 0) is 26.0 Å². The first-order chi connectivity index (χ1) is 4.68. The van der Waals surface area contributed by atoms with Crippen molar-refractivity contribution in [2.24, 2.45) is 0 Å². The van der Waals surface area contributed by atoms with Crippen molar-refractivity contribution >= 4 is 16.4 Å². The molecule has 1 aliphatic heterocycles. The summed E-state index contributed by atoms with van der Waals surface area (Å²) in [5, 5.41) is 0. The van der Waals surface area contributed by atoms with Crippen LogP contribution in [0, 0.1) is 0 Å². The standard InChI is InChI=1S/C8H16OS/c1-7(2)9-8-4-5-10(3)6-8/h7-8H,3-6H2,1-2H3. The van der Waals surface area contributed by atoms with Crippen LogP contribution in [0.4, 0.5) is 0 Å². The van der Waals surface area contributed by atoms with Crippen LogP contribution in [0.1, 0.15) is 20.3 Å². The van der Waals surface area contributed by atoms with E-state index in [2.05, 4.69) is 19.7 Å². The molecule has 0 amide bonds. The van der Waals surface area contributed by atoms with Crippen LogP contribution in [0.15, 0.2) is 0 Å². The van der Waals surface area contributed by atoms with Gasteiger partial charge in [-0.2, -0.15) is 10.5 Å². The van der Waals surface area contributed by atoms with E-state index in [9.17, 15) is 0 Å². The van der Waals surface area contributed by atoms with E-state index in [4.69, 9.17) is 4.74 Å². The molecule has 1 saturated heterocycles. The predicted molar refractivity (Wildman–Crippen MR) is 49.1 cm³/mol. The molecule has 0 aliphatic carbocycles. The zero-order chi connectivity index (χ0) is 7.56. The summed E-state index contributed by atoms with van der Waals surface area (Å²) in [5.74, 6) is 6.51. The molecule has 2 atom stereocenters. The first-order valence-corrected chi connectivity index (χ1v) is 5.54. The molecule has 0 saturated carbocycles. The van der Waals surface area contributed by atoms with E-state index in [0.717, 1.165) is 0 Å². The van der Waals surface area contributed by atoms with Crippen molar-refractivity contribution < 1.29 is 4.74 Å². The third kappa shape index (κ3) is 2.43. The Bertz CT molecular complexity index is 131. The smallest absolute Gasteiger partial charge is 0.0671 e. The van der Waals surface area contributed by atoms with Gasteiger partial charge >= 0.3 is 0 Å². The summed E-state index contributed by atoms with van der Waals surface area (Å²) in [6.07, 6.45) is 2.13. The summed E-state index contributed by atoms with van der Waals surface area (Å²) in [6.45, 7) is 4.19. The van der Waals surface area contributed by atoms with Gasteiger partial charge in [0.1, 0.15) is 0 Å². The Morgan fingerprint density at radius 1 is 1.60 bits per heavy atom. The van der Waals surface area contributed by atoms with Gasteiger partial charge in [-0.25, -0.2) is 0 Å². The molecule has 2 unspecified atom stereocenters. The second-order valence-corrected chi connectivity index (χ2v) is 5.05. The molecule has 2 heteroatoms. The molecule has 1 fully saturated rings. The lowest BCUT2D eigenvalue weighted by Gasteiger charge is -2.13. The fourth-order valence-corrected chi connectivity index (χ4v) is 2.75. The monoisotopic (exact) mass is 160 g/mol. The lowest BCUT2D eigenvalue weighted by Crippen LogP contribution is -2.16. The second kappa shape index (κ2) is 3.54. The summed E-state index contributed by atoms with van der Waals surface area (Å²) >= 11 is 0. The van der Waals surface area contributed by atoms with Crippen LogP contribution >= 0.6 is 10.5 Å². The predicted octanol–water partition coefficient (Wildman–Crippen LogP) is 1.88. The molecule has 10 heavy (non-hydrogen) atoms. The van der Waals surface area contributed by atoms with Crippen LogP contribution in [0.3, 0.4) is 0 Å². The fourth-order valence-electron chi connectivity index (χ4n) is 1.22. The lowest BCUT2D eigenvalue weighted by molar-refractivity contribution is 0.0237. The molecule has 1 heterocycles. The number of hydrogen-bond donors (Lipinski definition) is 0. The minimum Gasteiger partial charge on any atom is -0.375 e. The molecule has 0 aromatic carbocycles. The zero-order valence-electron chi connectivity index (χ0n) is 6.80. The average molecular weight is 160 g/mol. The summed E-state index contributed by atoms with van der Waals surface area (Å²) in [5.41, 5.74) is 0. The van der Waals surface area contributed by atoms with Gasteiger partial charge in [-0.1, -0.05) is 5.87 Å². The Morgan fingerprint density at radius 2 is 2.30 bits per heavy atom. The van der Waals surface area contributed by atoms with Gasteiger partial charge in [-0.15, -0.1) is 0 Å². The van der Waals surface area contributed by atoms with Gasteiger partial charge in [0.2, 0.25) is 0 Å². The van der Waals surface area contributed by atoms with Crippen molar-refractivity contribution in [3.8, 4) is 0 Å². The average Bonchev–Trinajstić information content (AvgIpc) is 2.13. The molecule has 0 radical (unpaired) electrons. The zero-order valence-corrected chi connectivity index (χ0v) is 7.62. The Hall–Kier alpha value is 0.180. The van der Waals surface area contributed by atoms with Crippen LogP contribution in [0.2, 0.25) is 0 Å². The van der Waals surface area contributed by atoms with Gasteiger partial charge in [0.05, 0.1) is 12.2 Å². The maximum atomic E-state index is 5.65. The highest BCUT2D eigenvalue weighted by atomic mass is 32.2. The number of hydrogen-bond acceptors (Lipinski definition) is 1. The SMILES string of the molecule is C=S1CCC(OC(C)C)C1. The molecule has 1 aliphatic rings. The minimum absolute atomic E-state index is 0.389. The van der Waals surface area contributed by atoms with Crippen LogP contribution in [0.25, 0.3) is 0 Å². The third-order valence-corrected chi connectivity index (χ3v) is 3.27. The summed E-state index contributed by atoms with van der Waals surface area (Å²) in [7, 11) is 0.406. The molecule has 0 spiro atoms. The van der Waals surface area contributed by atoms with Crippen molar-refractivity contribution in [3.05, 3.63) is 0 Å². The first-order valence-electron chi connectivity index (χ1n) is 3.81. The molecule has 0 bridgehead atoms. The molecule has 1 nitrogen and oxygen atoms in total. The highest BCUT2D eigenvalue weighted by Crippen LogP contribution is 2.25. The van der Waals surface area contributed by atoms with Gasteiger partial charge in [0.25, 0.3) is 0 Å². The van der Waals surface area contributed by atoms with Gasteiger partial charge in [0.15, 0.2) is 0 Å². The lowest BCUT2D eigenvalue weighted by atomic mass is 10.3.